The Kier molecular flexibility index (Phi) is 12.0. The highest BCUT2D eigenvalue weighted by Crippen LogP contribution is 2.29. The van der Waals surface area contributed by atoms with Gasteiger partial charge in [-0.1, -0.05) is 33.6 Å². The Hall–Kier alpha value is -2.33. The summed E-state index contributed by atoms with van der Waals surface area (Å²) in [6, 6.07) is 4.26. The lowest BCUT2D eigenvalue weighted by Gasteiger charge is -2.24. The van der Waals surface area contributed by atoms with Crippen LogP contribution < -0.4 is 10.6 Å². The summed E-state index contributed by atoms with van der Waals surface area (Å²) in [5, 5.41) is 9.47. The third kappa shape index (κ3) is 9.97. The Morgan fingerprint density at radius 1 is 1.03 bits per heavy atom. The van der Waals surface area contributed by atoms with Crippen LogP contribution in [0.15, 0.2) is 41.1 Å². The standard InChI is InChI=1S/C26H33F3N2O3S2/c1-4-5-6-21(23(32)16-36-15-18-11-12-35-14-18)30-25(34)22(13-17(2)3)31-24(33)19-7-9-20(10-8-19)26(27,28)29/h7-12,14,17,21-22H,4-6,13,15-16H2,1-3H3,(H,30,34)(H,31,33)/t21-,22-/m0/s1. The molecule has 10 heteroatoms. The zero-order valence-corrected chi connectivity index (χ0v) is 22.3. The molecule has 0 saturated heterocycles. The number of rotatable bonds is 14. The average Bonchev–Trinajstić information content (AvgIpc) is 3.33. The van der Waals surface area contributed by atoms with Crippen LogP contribution in [0.4, 0.5) is 13.2 Å². The monoisotopic (exact) mass is 542 g/mol. The molecule has 2 aromatic rings. The van der Waals surface area contributed by atoms with Crippen LogP contribution in [0.25, 0.3) is 0 Å². The molecule has 5 nitrogen and oxygen atoms in total. The second-order valence-electron chi connectivity index (χ2n) is 9.02. The topological polar surface area (TPSA) is 75.3 Å². The predicted octanol–water partition coefficient (Wildman–Crippen LogP) is 6.09. The quantitative estimate of drug-likeness (QED) is 0.303. The molecule has 2 atom stereocenters. The molecule has 0 aliphatic carbocycles. The van der Waals surface area contributed by atoms with Crippen LogP contribution in [-0.4, -0.2) is 35.4 Å². The molecule has 198 valence electrons. The van der Waals surface area contributed by atoms with Gasteiger partial charge in [-0.15, -0.1) is 11.8 Å². The summed E-state index contributed by atoms with van der Waals surface area (Å²) in [4.78, 5) is 38.7. The highest BCUT2D eigenvalue weighted by molar-refractivity contribution is 7.99. The summed E-state index contributed by atoms with van der Waals surface area (Å²) >= 11 is 3.09. The molecule has 0 unspecified atom stereocenters. The van der Waals surface area contributed by atoms with Crippen LogP contribution >= 0.6 is 23.1 Å². The van der Waals surface area contributed by atoms with Crippen molar-refractivity contribution in [2.45, 2.75) is 70.5 Å². The Balaban J connectivity index is 2.05. The van der Waals surface area contributed by atoms with Gasteiger partial charge in [0.2, 0.25) is 5.91 Å². The third-order valence-corrected chi connectivity index (χ3v) is 7.21. The number of carbonyl (C=O) groups excluding carboxylic acids is 3. The van der Waals surface area contributed by atoms with E-state index in [0.29, 0.717) is 18.6 Å². The SMILES string of the molecule is CCCC[C@H](NC(=O)[C@H](CC(C)C)NC(=O)c1ccc(C(F)(F)F)cc1)C(=O)CSCc1ccsc1. The normalized spacial score (nSPS) is 13.3. The number of benzene rings is 1. The van der Waals surface area contributed by atoms with Gasteiger partial charge in [0.1, 0.15) is 6.04 Å². The Labute approximate surface area is 218 Å². The number of hydrogen-bond acceptors (Lipinski definition) is 5. The largest absolute Gasteiger partial charge is 0.416 e. The molecule has 0 aliphatic rings. The zero-order valence-electron chi connectivity index (χ0n) is 20.7. The minimum atomic E-state index is -4.50. The van der Waals surface area contributed by atoms with Crippen molar-refractivity contribution in [2.24, 2.45) is 5.92 Å². The molecule has 0 aliphatic heterocycles. The minimum Gasteiger partial charge on any atom is -0.344 e. The smallest absolute Gasteiger partial charge is 0.344 e. The molecular formula is C26H33F3N2O3S2. The highest BCUT2D eigenvalue weighted by atomic mass is 32.2. The number of hydrogen-bond donors (Lipinski definition) is 2. The van der Waals surface area contributed by atoms with Gasteiger partial charge >= 0.3 is 6.18 Å². The van der Waals surface area contributed by atoms with Crippen molar-refractivity contribution in [3.63, 3.8) is 0 Å². The molecule has 1 aromatic carbocycles. The summed E-state index contributed by atoms with van der Waals surface area (Å²) in [6.45, 7) is 5.79. The maximum atomic E-state index is 13.1. The first-order chi connectivity index (χ1) is 17.0. The molecule has 1 heterocycles. The third-order valence-electron chi connectivity index (χ3n) is 5.45. The molecular weight excluding hydrogens is 509 g/mol. The minimum absolute atomic E-state index is 0.0213. The number of carbonyl (C=O) groups is 3. The number of alkyl halides is 3. The second kappa shape index (κ2) is 14.4. The van der Waals surface area contributed by atoms with Crippen molar-refractivity contribution < 1.29 is 27.6 Å². The number of thioether (sulfide) groups is 1. The van der Waals surface area contributed by atoms with Crippen molar-refractivity contribution in [1.29, 1.82) is 0 Å². The van der Waals surface area contributed by atoms with Gasteiger partial charge in [0.05, 0.1) is 17.4 Å². The van der Waals surface area contributed by atoms with E-state index in [-0.39, 0.29) is 23.0 Å². The van der Waals surface area contributed by atoms with Crippen LogP contribution in [0.2, 0.25) is 0 Å². The van der Waals surface area contributed by atoms with E-state index in [1.54, 1.807) is 11.3 Å². The van der Waals surface area contributed by atoms with Gasteiger partial charge in [0.25, 0.3) is 5.91 Å². The number of halogens is 3. The summed E-state index contributed by atoms with van der Waals surface area (Å²) in [5.74, 6) is -0.164. The second-order valence-corrected chi connectivity index (χ2v) is 10.8. The predicted molar refractivity (Wildman–Crippen MR) is 139 cm³/mol. The van der Waals surface area contributed by atoms with Gasteiger partial charge < -0.3 is 10.6 Å². The van der Waals surface area contributed by atoms with Gasteiger partial charge in [0, 0.05) is 11.3 Å². The Morgan fingerprint density at radius 3 is 2.28 bits per heavy atom. The van der Waals surface area contributed by atoms with E-state index in [4.69, 9.17) is 0 Å². The van der Waals surface area contributed by atoms with E-state index in [9.17, 15) is 27.6 Å². The Bertz CT molecular complexity index is 977. The molecule has 1 aromatic heterocycles. The number of Topliss-reactive ketones (excluding diaryl/α,β-unsaturated/α-hetero) is 1. The fourth-order valence-corrected chi connectivity index (χ4v) is 5.19. The number of amides is 2. The first-order valence-electron chi connectivity index (χ1n) is 11.9. The van der Waals surface area contributed by atoms with E-state index in [1.807, 2.05) is 37.6 Å². The average molecular weight is 543 g/mol. The molecule has 2 N–H and O–H groups in total. The van der Waals surface area contributed by atoms with Crippen molar-refractivity contribution >= 4 is 40.7 Å². The molecule has 2 rings (SSSR count). The summed E-state index contributed by atoms with van der Waals surface area (Å²) in [7, 11) is 0. The summed E-state index contributed by atoms with van der Waals surface area (Å²) in [5.41, 5.74) is 0.313. The maximum absolute atomic E-state index is 13.1. The van der Waals surface area contributed by atoms with Crippen molar-refractivity contribution in [1.82, 2.24) is 10.6 Å². The van der Waals surface area contributed by atoms with Gasteiger partial charge in [-0.25, -0.2) is 0 Å². The van der Waals surface area contributed by atoms with Crippen LogP contribution in [0, 0.1) is 5.92 Å². The first-order valence-corrected chi connectivity index (χ1v) is 14.0. The zero-order chi connectivity index (χ0) is 26.7. The number of nitrogens with one attached hydrogen (secondary N) is 2. The van der Waals surface area contributed by atoms with E-state index in [0.717, 1.165) is 42.7 Å². The number of thiophene rings is 1. The summed E-state index contributed by atoms with van der Waals surface area (Å²) in [6.07, 6.45) is -2.06. The van der Waals surface area contributed by atoms with Gasteiger partial charge in [-0.3, -0.25) is 14.4 Å². The Morgan fingerprint density at radius 2 is 1.72 bits per heavy atom. The lowest BCUT2D eigenvalue weighted by molar-refractivity contribution is -0.137. The lowest BCUT2D eigenvalue weighted by Crippen LogP contribution is -2.52. The highest BCUT2D eigenvalue weighted by Gasteiger charge is 2.31. The van der Waals surface area contributed by atoms with E-state index >= 15 is 0 Å². The molecule has 2 amide bonds. The van der Waals surface area contributed by atoms with E-state index in [1.165, 1.54) is 11.8 Å². The van der Waals surface area contributed by atoms with Crippen molar-refractivity contribution in [2.75, 3.05) is 5.75 Å². The fraction of sp³-hybridized carbons (Fsp3) is 0.500. The molecule has 36 heavy (non-hydrogen) atoms. The van der Waals surface area contributed by atoms with Crippen molar-refractivity contribution in [3.05, 3.63) is 57.8 Å². The van der Waals surface area contributed by atoms with E-state index in [2.05, 4.69) is 10.6 Å². The number of unbranched alkanes of at least 4 members (excludes halogenated alkanes) is 1. The maximum Gasteiger partial charge on any atom is 0.416 e. The number of ketones is 1. The lowest BCUT2D eigenvalue weighted by atomic mass is 10.0. The van der Waals surface area contributed by atoms with Crippen LogP contribution in [0.1, 0.15) is 67.9 Å². The van der Waals surface area contributed by atoms with Crippen LogP contribution in [0.5, 0.6) is 0 Å². The molecule has 0 fully saturated rings. The van der Waals surface area contributed by atoms with Gasteiger partial charge in [-0.2, -0.15) is 24.5 Å². The molecule has 0 saturated carbocycles. The van der Waals surface area contributed by atoms with Gasteiger partial charge in [0.15, 0.2) is 5.78 Å². The van der Waals surface area contributed by atoms with E-state index < -0.39 is 35.6 Å². The van der Waals surface area contributed by atoms with Crippen LogP contribution in [-0.2, 0) is 21.5 Å². The summed E-state index contributed by atoms with van der Waals surface area (Å²) < 4.78 is 38.5. The fourth-order valence-electron chi connectivity index (χ4n) is 3.49. The molecule has 0 spiro atoms. The van der Waals surface area contributed by atoms with Crippen LogP contribution in [0.3, 0.4) is 0 Å². The first kappa shape index (κ1) is 29.9. The molecule has 0 radical (unpaired) electrons. The molecule has 0 bridgehead atoms. The van der Waals surface area contributed by atoms with Crippen molar-refractivity contribution in [3.8, 4) is 0 Å². The van der Waals surface area contributed by atoms with Gasteiger partial charge in [-0.05, 0) is 65.4 Å².